The molecule has 0 bridgehead atoms. The van der Waals surface area contributed by atoms with Crippen LogP contribution in [-0.4, -0.2) is 33.3 Å². The van der Waals surface area contributed by atoms with E-state index in [4.69, 9.17) is 0 Å². The largest absolute Gasteiger partial charge is 0.394 e. The highest BCUT2D eigenvalue weighted by molar-refractivity contribution is 5.03. The van der Waals surface area contributed by atoms with Gasteiger partial charge in [0.25, 0.3) is 0 Å². The molecule has 1 heterocycles. The van der Waals surface area contributed by atoms with Crippen molar-refractivity contribution in [3.63, 3.8) is 0 Å². The van der Waals surface area contributed by atoms with Gasteiger partial charge in [0.1, 0.15) is 5.82 Å². The minimum absolute atomic E-state index is 0.0750. The fraction of sp³-hybridized carbons (Fsp3) is 0.800. The first-order valence-electron chi connectivity index (χ1n) is 7.62. The Hall–Kier alpha value is -0.870. The molecule has 108 valence electrons. The molecule has 1 aliphatic carbocycles. The number of aliphatic hydroxyl groups is 1. The Balaban J connectivity index is 2.05. The molecule has 1 saturated carbocycles. The van der Waals surface area contributed by atoms with Gasteiger partial charge < -0.3 is 15.0 Å². The molecule has 2 atom stereocenters. The molecule has 1 aromatic rings. The van der Waals surface area contributed by atoms with Crippen LogP contribution in [0.4, 0.5) is 0 Å². The van der Waals surface area contributed by atoms with Crippen molar-refractivity contribution < 1.29 is 5.11 Å². The minimum atomic E-state index is -0.0750. The van der Waals surface area contributed by atoms with E-state index in [9.17, 15) is 5.11 Å². The molecule has 0 amide bonds. The van der Waals surface area contributed by atoms with E-state index in [-0.39, 0.29) is 12.1 Å². The van der Waals surface area contributed by atoms with Crippen molar-refractivity contribution in [2.24, 2.45) is 0 Å². The van der Waals surface area contributed by atoms with Gasteiger partial charge in [-0.15, -0.1) is 0 Å². The van der Waals surface area contributed by atoms with Crippen molar-refractivity contribution in [3.8, 4) is 0 Å². The average Bonchev–Trinajstić information content (AvgIpc) is 3.04. The third-order valence-corrected chi connectivity index (χ3v) is 4.25. The summed E-state index contributed by atoms with van der Waals surface area (Å²) in [7, 11) is 0. The maximum Gasteiger partial charge on any atom is 0.108 e. The lowest BCUT2D eigenvalue weighted by Crippen LogP contribution is -2.46. The van der Waals surface area contributed by atoms with Crippen LogP contribution in [0.2, 0.25) is 0 Å². The standard InChI is InChI=1S/C15H27N3O/c1-3-5-14-16-9-10-18(14)13-6-7-15(11-13,12-19)17-8-4-2/h9-10,13,17,19H,3-8,11-12H2,1-2H3. The molecule has 1 aliphatic rings. The molecule has 0 aromatic carbocycles. The van der Waals surface area contributed by atoms with E-state index in [1.807, 2.05) is 6.20 Å². The van der Waals surface area contributed by atoms with E-state index in [2.05, 4.69) is 34.9 Å². The van der Waals surface area contributed by atoms with Crippen LogP contribution in [-0.2, 0) is 6.42 Å². The molecule has 0 saturated heterocycles. The highest BCUT2D eigenvalue weighted by Crippen LogP contribution is 2.38. The van der Waals surface area contributed by atoms with Crippen LogP contribution in [0, 0.1) is 0 Å². The average molecular weight is 265 g/mol. The molecule has 1 fully saturated rings. The molecule has 0 radical (unpaired) electrons. The van der Waals surface area contributed by atoms with Gasteiger partial charge >= 0.3 is 0 Å². The van der Waals surface area contributed by atoms with Crippen LogP contribution in [0.25, 0.3) is 0 Å². The second-order valence-electron chi connectivity index (χ2n) is 5.76. The summed E-state index contributed by atoms with van der Waals surface area (Å²) in [6, 6.07) is 0.487. The van der Waals surface area contributed by atoms with E-state index in [1.54, 1.807) is 0 Å². The molecule has 19 heavy (non-hydrogen) atoms. The van der Waals surface area contributed by atoms with Gasteiger partial charge in [0, 0.05) is 30.4 Å². The van der Waals surface area contributed by atoms with Gasteiger partial charge in [-0.3, -0.25) is 0 Å². The summed E-state index contributed by atoms with van der Waals surface area (Å²) in [5, 5.41) is 13.3. The maximum atomic E-state index is 9.74. The monoisotopic (exact) mass is 265 g/mol. The second kappa shape index (κ2) is 6.53. The van der Waals surface area contributed by atoms with Crippen molar-refractivity contribution in [3.05, 3.63) is 18.2 Å². The third kappa shape index (κ3) is 3.18. The number of aromatic nitrogens is 2. The number of aryl methyl sites for hydroxylation is 1. The topological polar surface area (TPSA) is 50.1 Å². The summed E-state index contributed by atoms with van der Waals surface area (Å²) in [4.78, 5) is 4.47. The van der Waals surface area contributed by atoms with E-state index in [0.717, 1.165) is 45.1 Å². The van der Waals surface area contributed by atoms with Crippen LogP contribution in [0.5, 0.6) is 0 Å². The van der Waals surface area contributed by atoms with E-state index in [1.165, 1.54) is 5.82 Å². The third-order valence-electron chi connectivity index (χ3n) is 4.25. The molecule has 2 unspecified atom stereocenters. The smallest absolute Gasteiger partial charge is 0.108 e. The number of hydrogen-bond acceptors (Lipinski definition) is 3. The van der Waals surface area contributed by atoms with Gasteiger partial charge in [-0.1, -0.05) is 13.8 Å². The number of rotatable bonds is 7. The Kier molecular flexibility index (Phi) is 4.99. The SMILES string of the molecule is CCCNC1(CO)CCC(n2ccnc2CCC)C1. The number of aliphatic hydroxyl groups excluding tert-OH is 1. The summed E-state index contributed by atoms with van der Waals surface area (Å²) in [6.07, 6.45) is 10.5. The first-order chi connectivity index (χ1) is 9.24. The Morgan fingerprint density at radius 3 is 3.00 bits per heavy atom. The minimum Gasteiger partial charge on any atom is -0.394 e. The molecule has 2 rings (SSSR count). The van der Waals surface area contributed by atoms with Crippen molar-refractivity contribution in [1.29, 1.82) is 0 Å². The van der Waals surface area contributed by atoms with Gasteiger partial charge in [0.2, 0.25) is 0 Å². The first-order valence-corrected chi connectivity index (χ1v) is 7.62. The lowest BCUT2D eigenvalue weighted by Gasteiger charge is -2.29. The fourth-order valence-corrected chi connectivity index (χ4v) is 3.18. The first kappa shape index (κ1) is 14.5. The van der Waals surface area contributed by atoms with E-state index in [0.29, 0.717) is 6.04 Å². The molecular formula is C15H27N3O. The van der Waals surface area contributed by atoms with Crippen molar-refractivity contribution in [2.75, 3.05) is 13.2 Å². The Morgan fingerprint density at radius 1 is 1.47 bits per heavy atom. The zero-order valence-corrected chi connectivity index (χ0v) is 12.2. The molecule has 1 aromatic heterocycles. The zero-order chi connectivity index (χ0) is 13.7. The predicted octanol–water partition coefficient (Wildman–Crippen LogP) is 2.29. The van der Waals surface area contributed by atoms with Gasteiger partial charge in [-0.25, -0.2) is 4.98 Å². The number of hydrogen-bond donors (Lipinski definition) is 2. The van der Waals surface area contributed by atoms with Gasteiger partial charge in [0.05, 0.1) is 6.61 Å². The van der Waals surface area contributed by atoms with Crippen LogP contribution in [0.3, 0.4) is 0 Å². The van der Waals surface area contributed by atoms with Crippen molar-refractivity contribution in [2.45, 2.75) is 64.0 Å². The Labute approximate surface area is 116 Å². The number of nitrogens with zero attached hydrogens (tertiary/aromatic N) is 2. The van der Waals surface area contributed by atoms with E-state index >= 15 is 0 Å². The van der Waals surface area contributed by atoms with Gasteiger partial charge in [0.15, 0.2) is 0 Å². The summed E-state index contributed by atoms with van der Waals surface area (Å²) in [5.41, 5.74) is -0.0750. The summed E-state index contributed by atoms with van der Waals surface area (Å²) in [6.45, 7) is 5.58. The zero-order valence-electron chi connectivity index (χ0n) is 12.2. The summed E-state index contributed by atoms with van der Waals surface area (Å²) < 4.78 is 2.33. The molecular weight excluding hydrogens is 238 g/mol. The molecule has 0 spiro atoms. The Bertz CT molecular complexity index is 390. The Morgan fingerprint density at radius 2 is 2.32 bits per heavy atom. The summed E-state index contributed by atoms with van der Waals surface area (Å²) in [5.74, 6) is 1.19. The van der Waals surface area contributed by atoms with Crippen LogP contribution in [0.1, 0.15) is 57.8 Å². The number of nitrogens with one attached hydrogen (secondary N) is 1. The molecule has 4 heteroatoms. The van der Waals surface area contributed by atoms with Gasteiger partial charge in [-0.05, 0) is 38.6 Å². The highest BCUT2D eigenvalue weighted by atomic mass is 16.3. The predicted molar refractivity (Wildman–Crippen MR) is 77.2 cm³/mol. The molecule has 2 N–H and O–H groups in total. The molecule has 0 aliphatic heterocycles. The summed E-state index contributed by atoms with van der Waals surface area (Å²) >= 11 is 0. The van der Waals surface area contributed by atoms with Crippen molar-refractivity contribution >= 4 is 0 Å². The quantitative estimate of drug-likeness (QED) is 0.795. The normalized spacial score (nSPS) is 27.0. The van der Waals surface area contributed by atoms with E-state index < -0.39 is 0 Å². The van der Waals surface area contributed by atoms with Crippen molar-refractivity contribution in [1.82, 2.24) is 14.9 Å². The van der Waals surface area contributed by atoms with Crippen LogP contribution >= 0.6 is 0 Å². The molecule has 4 nitrogen and oxygen atoms in total. The lowest BCUT2D eigenvalue weighted by molar-refractivity contribution is 0.160. The van der Waals surface area contributed by atoms with Crippen LogP contribution < -0.4 is 5.32 Å². The highest BCUT2D eigenvalue weighted by Gasteiger charge is 2.39. The second-order valence-corrected chi connectivity index (χ2v) is 5.76. The fourth-order valence-electron chi connectivity index (χ4n) is 3.18. The van der Waals surface area contributed by atoms with Gasteiger partial charge in [-0.2, -0.15) is 0 Å². The maximum absolute atomic E-state index is 9.74. The number of imidazole rings is 1. The lowest BCUT2D eigenvalue weighted by atomic mass is 9.98. The van der Waals surface area contributed by atoms with Crippen LogP contribution in [0.15, 0.2) is 12.4 Å².